The van der Waals surface area contributed by atoms with Crippen LogP contribution >= 0.6 is 11.5 Å². The van der Waals surface area contributed by atoms with E-state index in [1.807, 2.05) is 0 Å². The van der Waals surface area contributed by atoms with Gasteiger partial charge >= 0.3 is 16.1 Å². The van der Waals surface area contributed by atoms with Crippen molar-refractivity contribution in [2.45, 2.75) is 23.2 Å². The highest BCUT2D eigenvalue weighted by Gasteiger charge is 2.61. The Morgan fingerprint density at radius 3 is 2.71 bits per heavy atom. The van der Waals surface area contributed by atoms with Crippen molar-refractivity contribution in [1.82, 2.24) is 19.6 Å². The topological polar surface area (TPSA) is 227 Å². The van der Waals surface area contributed by atoms with E-state index in [9.17, 15) is 32.5 Å². The van der Waals surface area contributed by atoms with Gasteiger partial charge in [0.05, 0.1) is 0 Å². The SMILES string of the molecule is C=CCO/N=C(\C(=O)NC1C(=O)N2C(C(=O)O)=C(/C=C/OS(=O)(=O)c3ccc(C)cc3)C[S+]([O-])[C@H]12)c1nsc(N)n1. The molecule has 41 heavy (non-hydrogen) atoms. The van der Waals surface area contributed by atoms with Gasteiger partial charge in [0.25, 0.3) is 11.8 Å². The first kappa shape index (κ1) is 29.7. The van der Waals surface area contributed by atoms with Crippen LogP contribution in [0.5, 0.6) is 0 Å². The number of aryl methyl sites for hydroxylation is 1. The lowest BCUT2D eigenvalue weighted by Gasteiger charge is -2.48. The molecular weight excluding hydrogens is 600 g/mol. The molecule has 2 amide bonds. The van der Waals surface area contributed by atoms with Crippen molar-refractivity contribution >= 4 is 61.5 Å². The molecule has 2 unspecified atom stereocenters. The minimum Gasteiger partial charge on any atom is -0.614 e. The van der Waals surface area contributed by atoms with Gasteiger partial charge in [-0.25, -0.2) is 4.79 Å². The molecule has 4 rings (SSSR count). The number of oxime groups is 1. The summed E-state index contributed by atoms with van der Waals surface area (Å²) in [6.07, 6.45) is 3.13. The van der Waals surface area contributed by atoms with Crippen LogP contribution in [-0.2, 0) is 44.7 Å². The quantitative estimate of drug-likeness (QED) is 0.0440. The lowest BCUT2D eigenvalue weighted by Crippen LogP contribution is -2.75. The second-order valence-electron chi connectivity index (χ2n) is 8.40. The third-order valence-electron chi connectivity index (χ3n) is 5.62. The zero-order valence-corrected chi connectivity index (χ0v) is 23.6. The van der Waals surface area contributed by atoms with Crippen LogP contribution in [0.2, 0.25) is 0 Å². The van der Waals surface area contributed by atoms with Crippen LogP contribution in [0.4, 0.5) is 5.13 Å². The molecule has 0 radical (unpaired) electrons. The molecule has 216 valence electrons. The Morgan fingerprint density at radius 1 is 1.39 bits per heavy atom. The van der Waals surface area contributed by atoms with E-state index in [1.54, 1.807) is 19.1 Å². The number of hydrogen-bond acceptors (Lipinski definition) is 13. The average Bonchev–Trinajstić information content (AvgIpc) is 3.35. The van der Waals surface area contributed by atoms with Crippen LogP contribution in [0, 0.1) is 6.92 Å². The lowest BCUT2D eigenvalue weighted by atomic mass is 10.0. The third-order valence-corrected chi connectivity index (χ3v) is 9.00. The molecule has 0 spiro atoms. The van der Waals surface area contributed by atoms with Crippen molar-refractivity contribution in [3.63, 3.8) is 0 Å². The van der Waals surface area contributed by atoms with Crippen molar-refractivity contribution in [1.29, 1.82) is 0 Å². The Kier molecular flexibility index (Phi) is 8.76. The summed E-state index contributed by atoms with van der Waals surface area (Å²) in [6, 6.07) is 4.46. The van der Waals surface area contributed by atoms with Crippen LogP contribution in [0.1, 0.15) is 11.4 Å². The number of aliphatic carboxylic acids is 1. The maximum atomic E-state index is 13.1. The number of carboxylic acids is 1. The van der Waals surface area contributed by atoms with Crippen molar-refractivity contribution in [3.8, 4) is 0 Å². The first-order chi connectivity index (χ1) is 19.4. The maximum Gasteiger partial charge on any atom is 0.353 e. The first-order valence-electron chi connectivity index (χ1n) is 11.5. The minimum atomic E-state index is -4.22. The van der Waals surface area contributed by atoms with Crippen LogP contribution in [-0.4, -0.2) is 79.6 Å². The minimum absolute atomic E-state index is 0.0379. The van der Waals surface area contributed by atoms with E-state index in [0.717, 1.165) is 34.3 Å². The second kappa shape index (κ2) is 12.1. The van der Waals surface area contributed by atoms with Gasteiger partial charge in [0.15, 0.2) is 11.2 Å². The number of rotatable bonds is 11. The number of nitrogens with two attached hydrogens (primary N) is 1. The number of benzene rings is 1. The number of nitrogens with zero attached hydrogens (tertiary/aromatic N) is 4. The number of carbonyl (C=O) groups is 3. The van der Waals surface area contributed by atoms with Gasteiger partial charge in [0.1, 0.15) is 29.2 Å². The Labute approximate surface area is 240 Å². The van der Waals surface area contributed by atoms with Crippen LogP contribution in [0.15, 0.2) is 70.6 Å². The van der Waals surface area contributed by atoms with Crippen LogP contribution in [0.3, 0.4) is 0 Å². The van der Waals surface area contributed by atoms with Gasteiger partial charge in [-0.1, -0.05) is 35.5 Å². The zero-order valence-electron chi connectivity index (χ0n) is 21.1. The summed E-state index contributed by atoms with van der Waals surface area (Å²) in [5.74, 6) is -3.91. The summed E-state index contributed by atoms with van der Waals surface area (Å²) < 4.78 is 46.7. The number of carbonyl (C=O) groups excluding carboxylic acids is 2. The summed E-state index contributed by atoms with van der Waals surface area (Å²) in [4.78, 5) is 47.6. The van der Waals surface area contributed by atoms with Gasteiger partial charge in [-0.3, -0.25) is 14.5 Å². The molecule has 1 aromatic heterocycles. The summed E-state index contributed by atoms with van der Waals surface area (Å²) in [7, 11) is -4.22. The van der Waals surface area contributed by atoms with Crippen molar-refractivity contribution in [2.75, 3.05) is 18.1 Å². The number of nitrogens with one attached hydrogen (secondary N) is 1. The van der Waals surface area contributed by atoms with Gasteiger partial charge in [-0.05, 0) is 36.3 Å². The monoisotopic (exact) mass is 622 g/mol. The molecule has 1 saturated heterocycles. The molecule has 3 heterocycles. The first-order valence-corrected chi connectivity index (χ1v) is 15.1. The van der Waals surface area contributed by atoms with E-state index in [0.29, 0.717) is 0 Å². The Morgan fingerprint density at radius 2 is 2.10 bits per heavy atom. The van der Waals surface area contributed by atoms with Gasteiger partial charge in [0.2, 0.25) is 16.9 Å². The lowest BCUT2D eigenvalue weighted by molar-refractivity contribution is -0.150. The maximum absolute atomic E-state index is 13.1. The number of fused-ring (bicyclic) bond motifs is 1. The van der Waals surface area contributed by atoms with E-state index in [4.69, 9.17) is 14.8 Å². The molecule has 2 aromatic rings. The van der Waals surface area contributed by atoms with E-state index in [1.165, 1.54) is 18.2 Å². The van der Waals surface area contributed by atoms with Crippen molar-refractivity contribution in [2.24, 2.45) is 5.16 Å². The number of aromatic nitrogens is 2. The number of anilines is 1. The fourth-order valence-electron chi connectivity index (χ4n) is 3.76. The van der Waals surface area contributed by atoms with Crippen LogP contribution < -0.4 is 11.1 Å². The highest BCUT2D eigenvalue weighted by atomic mass is 32.2. The predicted molar refractivity (Wildman–Crippen MR) is 146 cm³/mol. The number of allylic oxidation sites excluding steroid dienone is 1. The Bertz CT molecular complexity index is 1580. The molecule has 1 fully saturated rings. The fourth-order valence-corrected chi connectivity index (χ4v) is 6.62. The van der Waals surface area contributed by atoms with E-state index >= 15 is 0 Å². The predicted octanol–water partition coefficient (Wildman–Crippen LogP) is 0.00872. The number of carboxylic acid groups (broad SMARTS) is 1. The molecule has 0 aliphatic carbocycles. The molecule has 18 heteroatoms. The second-order valence-corrected chi connectivity index (χ2v) is 12.3. The highest BCUT2D eigenvalue weighted by molar-refractivity contribution is 7.92. The average molecular weight is 623 g/mol. The summed E-state index contributed by atoms with van der Waals surface area (Å²) in [6.45, 7) is 5.19. The molecule has 0 bridgehead atoms. The molecule has 2 aliphatic heterocycles. The summed E-state index contributed by atoms with van der Waals surface area (Å²) >= 11 is -1.12. The van der Waals surface area contributed by atoms with E-state index in [-0.39, 0.29) is 33.8 Å². The smallest absolute Gasteiger partial charge is 0.353 e. The van der Waals surface area contributed by atoms with Gasteiger partial charge in [-0.2, -0.15) is 17.8 Å². The number of nitrogen functional groups attached to an aromatic ring is 1. The number of β-lactam (4-membered cyclic amide) rings is 1. The van der Waals surface area contributed by atoms with Crippen LogP contribution in [0.25, 0.3) is 0 Å². The zero-order chi connectivity index (χ0) is 29.9. The Balaban J connectivity index is 1.54. The summed E-state index contributed by atoms with van der Waals surface area (Å²) in [5.41, 5.74) is 5.34. The van der Waals surface area contributed by atoms with E-state index < -0.39 is 61.9 Å². The molecular formula is C23H22N6O9S3. The van der Waals surface area contributed by atoms with E-state index in [2.05, 4.69) is 26.4 Å². The standard InChI is InChI=1S/C23H22N6O9S3/c1-3-9-37-27-15(18-26-23(24)39-28-18)19(30)25-16-20(31)29-17(22(32)33)13(11-40(34)21(16)29)8-10-38-41(35,36)14-6-4-12(2)5-7-14/h3-8,10,16,21H,1,9,11H2,2H3,(H,25,30)(H,32,33)(H2,24,26,28)/b10-8+,27-15-/t16?,21-,40?/m1/s1. The molecule has 3 atom stereocenters. The van der Waals surface area contributed by atoms with Gasteiger partial charge < -0.3 is 29.7 Å². The Hall–Kier alpha value is -4.26. The number of hydrogen-bond donors (Lipinski definition) is 3. The molecule has 0 saturated carbocycles. The van der Waals surface area contributed by atoms with Crippen molar-refractivity contribution < 1.29 is 41.5 Å². The van der Waals surface area contributed by atoms with Crippen molar-refractivity contribution in [3.05, 3.63) is 71.9 Å². The van der Waals surface area contributed by atoms with Gasteiger partial charge in [0, 0.05) is 17.1 Å². The molecule has 2 aliphatic rings. The van der Waals surface area contributed by atoms with Gasteiger partial charge in [-0.15, -0.1) is 0 Å². The highest BCUT2D eigenvalue weighted by Crippen LogP contribution is 2.37. The third kappa shape index (κ3) is 6.24. The molecule has 15 nitrogen and oxygen atoms in total. The summed E-state index contributed by atoms with van der Waals surface area (Å²) in [5, 5.41) is 14.7. The normalized spacial score (nSPS) is 20.8. The molecule has 4 N–H and O–H groups in total. The fraction of sp³-hybridized carbons (Fsp3) is 0.217. The largest absolute Gasteiger partial charge is 0.614 e. The molecule has 1 aromatic carbocycles. The number of amides is 2.